The second kappa shape index (κ2) is 6.34. The smallest absolute Gasteiger partial charge is 0.252 e. The molecule has 0 saturated carbocycles. The predicted molar refractivity (Wildman–Crippen MR) is 81.9 cm³/mol. The largest absolute Gasteiger partial charge is 0.376 e. The van der Waals surface area contributed by atoms with E-state index in [0.29, 0.717) is 5.56 Å². The fourth-order valence-electron chi connectivity index (χ4n) is 3.01. The van der Waals surface area contributed by atoms with Gasteiger partial charge in [0.1, 0.15) is 18.9 Å². The first-order valence-electron chi connectivity index (χ1n) is 7.69. The Morgan fingerprint density at radius 1 is 1.52 bits per heavy atom. The molecule has 0 aromatic carbocycles. The average Bonchev–Trinajstić information content (AvgIpc) is 3.25. The molecular weight excluding hydrogens is 294 g/mol. The van der Waals surface area contributed by atoms with Crippen LogP contribution in [-0.4, -0.2) is 37.8 Å². The minimum absolute atomic E-state index is 0.0360. The number of nitrogens with zero attached hydrogens (tertiary/aromatic N) is 5. The van der Waals surface area contributed by atoms with E-state index in [-0.39, 0.29) is 24.3 Å². The molecule has 1 saturated heterocycles. The Hall–Kier alpha value is -2.46. The number of hydrogen-bond donors (Lipinski definition) is 0. The number of carbonyl (C=O) groups excluding carboxylic acids is 1. The molecule has 1 aliphatic heterocycles. The Morgan fingerprint density at radius 3 is 3.00 bits per heavy atom. The van der Waals surface area contributed by atoms with Crippen LogP contribution in [0.1, 0.15) is 40.4 Å². The molecule has 0 spiro atoms. The normalized spacial score (nSPS) is 17.3. The van der Waals surface area contributed by atoms with Gasteiger partial charge in [0.2, 0.25) is 0 Å². The molecule has 0 N–H and O–H groups in total. The van der Waals surface area contributed by atoms with Crippen LogP contribution in [0.4, 0.5) is 0 Å². The van der Waals surface area contributed by atoms with Crippen molar-refractivity contribution in [3.8, 4) is 6.07 Å². The van der Waals surface area contributed by atoms with Gasteiger partial charge in [0, 0.05) is 30.1 Å². The van der Waals surface area contributed by atoms with E-state index < -0.39 is 0 Å². The zero-order valence-corrected chi connectivity index (χ0v) is 13.3. The van der Waals surface area contributed by atoms with Crippen molar-refractivity contribution in [1.82, 2.24) is 19.3 Å². The third-order valence-electron chi connectivity index (χ3n) is 4.23. The highest BCUT2D eigenvalue weighted by molar-refractivity contribution is 5.97. The van der Waals surface area contributed by atoms with Gasteiger partial charge in [-0.2, -0.15) is 5.26 Å². The van der Waals surface area contributed by atoms with Gasteiger partial charge in [-0.25, -0.2) is 9.67 Å². The molecule has 2 aromatic rings. The van der Waals surface area contributed by atoms with Crippen molar-refractivity contribution < 1.29 is 9.53 Å². The summed E-state index contributed by atoms with van der Waals surface area (Å²) in [4.78, 5) is 16.3. The van der Waals surface area contributed by atoms with Gasteiger partial charge in [-0.3, -0.25) is 4.79 Å². The maximum Gasteiger partial charge on any atom is 0.252 e. The first-order valence-corrected chi connectivity index (χ1v) is 7.69. The maximum absolute atomic E-state index is 12.5. The molecule has 0 unspecified atom stereocenters. The molecule has 0 bridgehead atoms. The van der Waals surface area contributed by atoms with E-state index in [1.54, 1.807) is 0 Å². The van der Waals surface area contributed by atoms with Crippen molar-refractivity contribution in [1.29, 1.82) is 5.26 Å². The Bertz CT molecular complexity index is 762. The third-order valence-corrected chi connectivity index (χ3v) is 4.23. The summed E-state index contributed by atoms with van der Waals surface area (Å²) in [6.07, 6.45) is 3.80. The lowest BCUT2D eigenvalue weighted by Gasteiger charge is -2.14. The quantitative estimate of drug-likeness (QED) is 0.783. The molecule has 3 heterocycles. The zero-order valence-electron chi connectivity index (χ0n) is 13.3. The van der Waals surface area contributed by atoms with Crippen LogP contribution in [-0.2, 0) is 17.8 Å². The van der Waals surface area contributed by atoms with Crippen LogP contribution < -0.4 is 0 Å². The summed E-state index contributed by atoms with van der Waals surface area (Å²) in [6.45, 7) is 5.65. The number of nitriles is 1. The summed E-state index contributed by atoms with van der Waals surface area (Å²) < 4.78 is 9.23. The van der Waals surface area contributed by atoms with Gasteiger partial charge in [-0.15, -0.1) is 5.10 Å². The highest BCUT2D eigenvalue weighted by atomic mass is 16.5. The summed E-state index contributed by atoms with van der Waals surface area (Å²) in [7, 11) is 0. The van der Waals surface area contributed by atoms with Crippen LogP contribution >= 0.6 is 0 Å². The van der Waals surface area contributed by atoms with Crippen molar-refractivity contribution in [2.24, 2.45) is 0 Å². The molecule has 0 radical (unpaired) electrons. The average molecular weight is 313 g/mol. The van der Waals surface area contributed by atoms with Gasteiger partial charge in [0.25, 0.3) is 5.82 Å². The van der Waals surface area contributed by atoms with Crippen molar-refractivity contribution >= 4 is 5.78 Å². The molecule has 1 atom stereocenters. The minimum Gasteiger partial charge on any atom is -0.376 e. The Morgan fingerprint density at radius 2 is 2.35 bits per heavy atom. The van der Waals surface area contributed by atoms with Gasteiger partial charge in [-0.05, 0) is 32.8 Å². The molecule has 120 valence electrons. The van der Waals surface area contributed by atoms with Crippen LogP contribution in [0.3, 0.4) is 0 Å². The Balaban J connectivity index is 1.76. The zero-order chi connectivity index (χ0) is 16.4. The molecule has 1 aliphatic rings. The molecule has 0 aliphatic carbocycles. The van der Waals surface area contributed by atoms with Gasteiger partial charge >= 0.3 is 0 Å². The lowest BCUT2D eigenvalue weighted by atomic mass is 10.1. The van der Waals surface area contributed by atoms with E-state index in [1.165, 1.54) is 11.0 Å². The molecule has 3 rings (SSSR count). The van der Waals surface area contributed by atoms with E-state index in [1.807, 2.05) is 26.0 Å². The van der Waals surface area contributed by atoms with E-state index in [0.717, 1.165) is 37.4 Å². The van der Waals surface area contributed by atoms with Crippen molar-refractivity contribution in [2.75, 3.05) is 6.61 Å². The highest BCUT2D eigenvalue weighted by Crippen LogP contribution is 2.21. The number of aryl methyl sites for hydroxylation is 1. The van der Waals surface area contributed by atoms with E-state index in [4.69, 9.17) is 10.00 Å². The van der Waals surface area contributed by atoms with E-state index in [2.05, 4.69) is 14.6 Å². The maximum atomic E-state index is 12.5. The summed E-state index contributed by atoms with van der Waals surface area (Å²) in [5.41, 5.74) is 2.69. The van der Waals surface area contributed by atoms with Gasteiger partial charge in [0.15, 0.2) is 5.78 Å². The van der Waals surface area contributed by atoms with Gasteiger partial charge in [-0.1, -0.05) is 0 Å². The van der Waals surface area contributed by atoms with Crippen LogP contribution in [0.25, 0.3) is 0 Å². The lowest BCUT2D eigenvalue weighted by molar-refractivity contribution is 0.0946. The fraction of sp³-hybridized carbons (Fsp3) is 0.500. The van der Waals surface area contributed by atoms with Gasteiger partial charge < -0.3 is 9.30 Å². The SMILES string of the molecule is Cc1cc(C(=O)Cn2cnc(C#N)n2)c(C)n1C[C@@H]1CCCO1. The Labute approximate surface area is 134 Å². The summed E-state index contributed by atoms with van der Waals surface area (Å²) in [5, 5.41) is 12.7. The van der Waals surface area contributed by atoms with Crippen LogP contribution in [0.2, 0.25) is 0 Å². The van der Waals surface area contributed by atoms with E-state index in [9.17, 15) is 4.79 Å². The fourth-order valence-corrected chi connectivity index (χ4v) is 3.01. The standard InChI is InChI=1S/C16H19N5O2/c1-11-6-14(12(2)21(11)8-13-4-3-5-23-13)15(22)9-20-10-18-16(7-17)19-20/h6,10,13H,3-5,8-9H2,1-2H3/t13-/m0/s1. The first kappa shape index (κ1) is 15.4. The summed E-state index contributed by atoms with van der Waals surface area (Å²) in [6, 6.07) is 3.76. The number of hydrogen-bond acceptors (Lipinski definition) is 5. The number of aromatic nitrogens is 4. The highest BCUT2D eigenvalue weighted by Gasteiger charge is 2.21. The molecule has 0 amide bonds. The van der Waals surface area contributed by atoms with Crippen LogP contribution in [0, 0.1) is 25.2 Å². The third kappa shape index (κ3) is 3.17. The van der Waals surface area contributed by atoms with Gasteiger partial charge in [0.05, 0.1) is 6.10 Å². The molecule has 23 heavy (non-hydrogen) atoms. The molecule has 7 nitrogen and oxygen atoms in total. The van der Waals surface area contributed by atoms with Crippen LogP contribution in [0.15, 0.2) is 12.4 Å². The lowest BCUT2D eigenvalue weighted by Crippen LogP contribution is -2.18. The van der Waals surface area contributed by atoms with Crippen LogP contribution in [0.5, 0.6) is 0 Å². The van der Waals surface area contributed by atoms with Crippen molar-refractivity contribution in [3.63, 3.8) is 0 Å². The summed E-state index contributed by atoms with van der Waals surface area (Å²) >= 11 is 0. The minimum atomic E-state index is -0.0360. The number of ketones is 1. The monoisotopic (exact) mass is 313 g/mol. The molecular formula is C16H19N5O2. The second-order valence-corrected chi connectivity index (χ2v) is 5.83. The predicted octanol–water partition coefficient (Wildman–Crippen LogP) is 1.63. The van der Waals surface area contributed by atoms with E-state index >= 15 is 0 Å². The molecule has 7 heteroatoms. The second-order valence-electron chi connectivity index (χ2n) is 5.83. The van der Waals surface area contributed by atoms with Crippen molar-refractivity contribution in [2.45, 2.75) is 45.9 Å². The molecule has 1 fully saturated rings. The topological polar surface area (TPSA) is 85.7 Å². The van der Waals surface area contributed by atoms with Crippen molar-refractivity contribution in [3.05, 3.63) is 35.2 Å². The number of rotatable bonds is 5. The number of ether oxygens (including phenoxy) is 1. The number of carbonyl (C=O) groups is 1. The molecule has 2 aromatic heterocycles. The summed E-state index contributed by atoms with van der Waals surface area (Å²) in [5.74, 6) is 0.0349. The first-order chi connectivity index (χ1) is 11.1. The Kier molecular flexibility index (Phi) is 4.26. The number of Topliss-reactive ketones (excluding diaryl/α,β-unsaturated/α-hetero) is 1.